The van der Waals surface area contributed by atoms with E-state index in [0.29, 0.717) is 29.9 Å². The van der Waals surface area contributed by atoms with Gasteiger partial charge in [0.2, 0.25) is 0 Å². The Kier molecular flexibility index (Phi) is 4.81. The molecule has 0 aliphatic carbocycles. The van der Waals surface area contributed by atoms with Crippen LogP contribution in [-0.4, -0.2) is 31.1 Å². The molecule has 0 N–H and O–H groups in total. The zero-order chi connectivity index (χ0) is 14.9. The van der Waals surface area contributed by atoms with Crippen LogP contribution in [0.25, 0.3) is 11.0 Å². The van der Waals surface area contributed by atoms with E-state index in [-0.39, 0.29) is 11.1 Å². The number of rotatable bonds is 5. The fourth-order valence-corrected chi connectivity index (χ4v) is 2.67. The Labute approximate surface area is 125 Å². The normalized spacial score (nSPS) is 14.7. The Balaban J connectivity index is 2.55. The number of hydrogen-bond donors (Lipinski definition) is 0. The molecular weight excluding hydrogens is 299 g/mol. The van der Waals surface area contributed by atoms with Crippen molar-refractivity contribution in [2.45, 2.75) is 32.1 Å². The van der Waals surface area contributed by atoms with E-state index in [9.17, 15) is 8.60 Å². The van der Waals surface area contributed by atoms with Gasteiger partial charge >= 0.3 is 0 Å². The third-order valence-corrected chi connectivity index (χ3v) is 4.90. The molecule has 2 unspecified atom stereocenters. The average Bonchev–Trinajstić information content (AvgIpc) is 2.68. The fourth-order valence-electron chi connectivity index (χ4n) is 2.14. The van der Waals surface area contributed by atoms with E-state index in [1.54, 1.807) is 19.2 Å². The zero-order valence-corrected chi connectivity index (χ0v) is 13.4. The third-order valence-electron chi connectivity index (χ3n) is 3.43. The Morgan fingerprint density at radius 2 is 2.20 bits per heavy atom. The third kappa shape index (κ3) is 3.04. The van der Waals surface area contributed by atoms with E-state index in [1.165, 1.54) is 6.07 Å². The highest BCUT2D eigenvalue weighted by atomic mass is 35.5. The Bertz CT molecular complexity index is 656. The van der Waals surface area contributed by atoms with E-state index in [1.807, 2.05) is 11.5 Å². The molecule has 0 spiro atoms. The number of halogens is 2. The molecule has 6 heteroatoms. The average molecular weight is 317 g/mol. The molecule has 3 nitrogen and oxygen atoms in total. The van der Waals surface area contributed by atoms with Crippen LogP contribution in [0.5, 0.6) is 0 Å². The summed E-state index contributed by atoms with van der Waals surface area (Å²) in [7, 11) is -0.915. The predicted molar refractivity (Wildman–Crippen MR) is 82.4 cm³/mol. The molecule has 0 aliphatic rings. The van der Waals surface area contributed by atoms with E-state index in [4.69, 9.17) is 11.6 Å². The van der Waals surface area contributed by atoms with Gasteiger partial charge in [-0.3, -0.25) is 4.21 Å². The van der Waals surface area contributed by atoms with Gasteiger partial charge in [0, 0.05) is 47.2 Å². The molecule has 0 aliphatic heterocycles. The van der Waals surface area contributed by atoms with Crippen LogP contribution in [0, 0.1) is 12.7 Å². The summed E-state index contributed by atoms with van der Waals surface area (Å²) in [5.74, 6) is 1.01. The second-order valence-electron chi connectivity index (χ2n) is 4.98. The van der Waals surface area contributed by atoms with Crippen molar-refractivity contribution in [1.29, 1.82) is 0 Å². The van der Waals surface area contributed by atoms with Crippen molar-refractivity contribution in [3.8, 4) is 0 Å². The summed E-state index contributed by atoms with van der Waals surface area (Å²) >= 11 is 5.81. The van der Waals surface area contributed by atoms with Crippen molar-refractivity contribution in [3.05, 3.63) is 29.3 Å². The van der Waals surface area contributed by atoms with Crippen molar-refractivity contribution in [3.63, 3.8) is 0 Å². The number of fused-ring (bicyclic) bond motifs is 1. The van der Waals surface area contributed by atoms with Crippen molar-refractivity contribution >= 4 is 33.4 Å². The van der Waals surface area contributed by atoms with Crippen LogP contribution >= 0.6 is 11.6 Å². The lowest BCUT2D eigenvalue weighted by atomic mass is 10.2. The molecule has 0 bridgehead atoms. The van der Waals surface area contributed by atoms with Gasteiger partial charge in [0.05, 0.1) is 11.0 Å². The first-order valence-electron chi connectivity index (χ1n) is 6.47. The topological polar surface area (TPSA) is 34.9 Å². The lowest BCUT2D eigenvalue weighted by molar-refractivity contribution is 0.619. The van der Waals surface area contributed by atoms with Gasteiger partial charge in [0.15, 0.2) is 0 Å². The monoisotopic (exact) mass is 316 g/mol. The molecule has 1 heterocycles. The second-order valence-corrected chi connectivity index (χ2v) is 7.16. The van der Waals surface area contributed by atoms with Crippen molar-refractivity contribution in [2.24, 2.45) is 0 Å². The van der Waals surface area contributed by atoms with Crippen LogP contribution < -0.4 is 0 Å². The molecule has 2 atom stereocenters. The van der Waals surface area contributed by atoms with Crippen LogP contribution in [-0.2, 0) is 23.8 Å². The number of hydrogen-bond acceptors (Lipinski definition) is 2. The predicted octanol–water partition coefficient (Wildman–Crippen LogP) is 3.03. The summed E-state index contributed by atoms with van der Waals surface area (Å²) in [6, 6.07) is 3.24. The summed E-state index contributed by atoms with van der Waals surface area (Å²) in [6.45, 7) is 4.26. The minimum atomic E-state index is -0.915. The number of aryl methyl sites for hydroxylation is 2. The lowest BCUT2D eigenvalue weighted by Gasteiger charge is -2.13. The molecule has 20 heavy (non-hydrogen) atoms. The lowest BCUT2D eigenvalue weighted by Crippen LogP contribution is -2.19. The first-order chi connectivity index (χ1) is 9.43. The summed E-state index contributed by atoms with van der Waals surface area (Å²) < 4.78 is 27.2. The van der Waals surface area contributed by atoms with Gasteiger partial charge in [-0.25, -0.2) is 9.37 Å². The van der Waals surface area contributed by atoms with E-state index in [2.05, 4.69) is 4.98 Å². The highest BCUT2D eigenvalue weighted by molar-refractivity contribution is 7.84. The zero-order valence-electron chi connectivity index (χ0n) is 11.8. The number of alkyl halides is 1. The van der Waals surface area contributed by atoms with Crippen LogP contribution in [0.3, 0.4) is 0 Å². The molecule has 0 saturated carbocycles. The highest BCUT2D eigenvalue weighted by Gasteiger charge is 2.16. The summed E-state index contributed by atoms with van der Waals surface area (Å²) in [5.41, 5.74) is 2.09. The van der Waals surface area contributed by atoms with Gasteiger partial charge in [-0.05, 0) is 25.5 Å². The molecule has 2 aromatic rings. The van der Waals surface area contributed by atoms with Crippen molar-refractivity contribution in [2.75, 3.05) is 12.1 Å². The summed E-state index contributed by atoms with van der Waals surface area (Å²) in [6.07, 6.45) is 2.30. The largest absolute Gasteiger partial charge is 0.327 e. The Morgan fingerprint density at radius 3 is 2.80 bits per heavy atom. The fraction of sp³-hybridized carbons (Fsp3) is 0.500. The van der Waals surface area contributed by atoms with Gasteiger partial charge in [-0.1, -0.05) is 0 Å². The maximum Gasteiger partial charge on any atom is 0.128 e. The minimum absolute atomic E-state index is 0.00633. The number of nitrogens with zero attached hydrogens (tertiary/aromatic N) is 2. The molecule has 110 valence electrons. The molecule has 0 saturated heterocycles. The molecule has 0 radical (unpaired) electrons. The van der Waals surface area contributed by atoms with Crippen LogP contribution in [0.1, 0.15) is 18.3 Å². The molecule has 1 aromatic heterocycles. The van der Waals surface area contributed by atoms with Gasteiger partial charge in [-0.15, -0.1) is 11.6 Å². The van der Waals surface area contributed by atoms with Gasteiger partial charge < -0.3 is 4.57 Å². The minimum Gasteiger partial charge on any atom is -0.327 e. The standard InChI is InChI=1S/C14H18ClFN2OS/c1-9-6-13-12(7-11(9)16)17-14(4-5-15)18(13)8-10(2)20(3)19/h6-7,10H,4-5,8H2,1-3H3. The molecular formula is C14H18ClFN2OS. The number of benzene rings is 1. The maximum atomic E-state index is 13.6. The Hall–Kier alpha value is -0.940. The van der Waals surface area contributed by atoms with Crippen LogP contribution in [0.4, 0.5) is 4.39 Å². The molecule has 1 aromatic carbocycles. The van der Waals surface area contributed by atoms with Crippen molar-refractivity contribution < 1.29 is 8.60 Å². The van der Waals surface area contributed by atoms with Gasteiger partial charge in [0.1, 0.15) is 11.6 Å². The van der Waals surface area contributed by atoms with E-state index in [0.717, 1.165) is 11.3 Å². The summed E-state index contributed by atoms with van der Waals surface area (Å²) in [5, 5.41) is 0.00633. The van der Waals surface area contributed by atoms with E-state index >= 15 is 0 Å². The first-order valence-corrected chi connectivity index (χ1v) is 8.63. The summed E-state index contributed by atoms with van der Waals surface area (Å²) in [4.78, 5) is 4.46. The van der Waals surface area contributed by atoms with Gasteiger partial charge in [-0.2, -0.15) is 0 Å². The van der Waals surface area contributed by atoms with Crippen LogP contribution in [0.15, 0.2) is 12.1 Å². The molecule has 0 amide bonds. The quantitative estimate of drug-likeness (QED) is 0.795. The maximum absolute atomic E-state index is 13.6. The number of imidazole rings is 1. The van der Waals surface area contributed by atoms with Gasteiger partial charge in [0.25, 0.3) is 0 Å². The molecule has 0 fully saturated rings. The first kappa shape index (κ1) is 15.4. The second kappa shape index (κ2) is 6.22. The van der Waals surface area contributed by atoms with E-state index < -0.39 is 10.8 Å². The van der Waals surface area contributed by atoms with Crippen molar-refractivity contribution in [1.82, 2.24) is 9.55 Å². The molecule has 2 rings (SSSR count). The Morgan fingerprint density at radius 1 is 1.50 bits per heavy atom. The smallest absolute Gasteiger partial charge is 0.128 e. The number of aromatic nitrogens is 2. The van der Waals surface area contributed by atoms with Crippen LogP contribution in [0.2, 0.25) is 0 Å². The SMILES string of the molecule is Cc1cc2c(cc1F)nc(CCCl)n2CC(C)S(C)=O. The highest BCUT2D eigenvalue weighted by Crippen LogP contribution is 2.22.